The molecular formula is C16H17N3S. The maximum Gasteiger partial charge on any atom is 0.0809 e. The van der Waals surface area contributed by atoms with Crippen molar-refractivity contribution < 1.29 is 0 Å². The molecule has 0 bridgehead atoms. The topological polar surface area (TPSA) is 37.8 Å². The minimum absolute atomic E-state index is 0.261. The molecule has 2 atom stereocenters. The second-order valence-electron chi connectivity index (χ2n) is 4.96. The first-order valence-corrected chi connectivity index (χ1v) is 7.61. The highest BCUT2D eigenvalue weighted by molar-refractivity contribution is 7.17. The smallest absolute Gasteiger partial charge is 0.0809 e. The lowest BCUT2D eigenvalue weighted by molar-refractivity contribution is 0.494. The third-order valence-electron chi connectivity index (χ3n) is 3.53. The first-order chi connectivity index (χ1) is 9.74. The summed E-state index contributed by atoms with van der Waals surface area (Å²) in [5.74, 6) is 0. The molecule has 0 spiro atoms. The predicted octanol–water partition coefficient (Wildman–Crippen LogP) is 4.10. The van der Waals surface area contributed by atoms with Crippen LogP contribution in [0, 0.1) is 0 Å². The van der Waals surface area contributed by atoms with Crippen molar-refractivity contribution in [3.63, 3.8) is 0 Å². The van der Waals surface area contributed by atoms with Crippen LogP contribution < -0.4 is 5.32 Å². The zero-order chi connectivity index (χ0) is 13.9. The van der Waals surface area contributed by atoms with Gasteiger partial charge in [0.2, 0.25) is 0 Å². The van der Waals surface area contributed by atoms with E-state index < -0.39 is 0 Å². The number of hydrogen-bond acceptors (Lipinski definition) is 4. The summed E-state index contributed by atoms with van der Waals surface area (Å²) in [5.41, 5.74) is 3.55. The van der Waals surface area contributed by atoms with Gasteiger partial charge in [0.05, 0.1) is 10.2 Å². The van der Waals surface area contributed by atoms with E-state index in [4.69, 9.17) is 0 Å². The first-order valence-electron chi connectivity index (χ1n) is 6.73. The van der Waals surface area contributed by atoms with Crippen LogP contribution in [0.4, 0.5) is 0 Å². The molecule has 0 saturated heterocycles. The molecule has 0 amide bonds. The third kappa shape index (κ3) is 2.71. The molecule has 3 heterocycles. The highest BCUT2D eigenvalue weighted by Gasteiger charge is 2.12. The Morgan fingerprint density at radius 1 is 1.05 bits per heavy atom. The second-order valence-corrected chi connectivity index (χ2v) is 5.91. The van der Waals surface area contributed by atoms with Gasteiger partial charge in [0.1, 0.15) is 0 Å². The van der Waals surface area contributed by atoms with Gasteiger partial charge in [-0.3, -0.25) is 9.97 Å². The lowest BCUT2D eigenvalue weighted by Gasteiger charge is -2.20. The van der Waals surface area contributed by atoms with Crippen molar-refractivity contribution in [2.24, 2.45) is 0 Å². The molecule has 1 N–H and O–H groups in total. The van der Waals surface area contributed by atoms with E-state index in [1.165, 1.54) is 15.8 Å². The summed E-state index contributed by atoms with van der Waals surface area (Å²) in [6.45, 7) is 4.34. The Hall–Kier alpha value is -1.78. The molecular weight excluding hydrogens is 266 g/mol. The third-order valence-corrected chi connectivity index (χ3v) is 4.38. The van der Waals surface area contributed by atoms with Crippen LogP contribution in [0.5, 0.6) is 0 Å². The number of aromatic nitrogens is 2. The van der Waals surface area contributed by atoms with Gasteiger partial charge in [-0.15, -0.1) is 11.3 Å². The number of nitrogens with one attached hydrogen (secondary N) is 1. The predicted molar refractivity (Wildman–Crippen MR) is 83.8 cm³/mol. The molecule has 2 unspecified atom stereocenters. The number of fused-ring (bicyclic) bond motifs is 1. The van der Waals surface area contributed by atoms with Crippen molar-refractivity contribution in [3.8, 4) is 0 Å². The van der Waals surface area contributed by atoms with Crippen molar-refractivity contribution in [3.05, 3.63) is 59.4 Å². The lowest BCUT2D eigenvalue weighted by Crippen LogP contribution is -2.22. The summed E-state index contributed by atoms with van der Waals surface area (Å²) in [5, 5.41) is 5.69. The molecule has 3 aromatic heterocycles. The number of thiophene rings is 1. The Labute approximate surface area is 122 Å². The van der Waals surface area contributed by atoms with Crippen molar-refractivity contribution in [1.29, 1.82) is 0 Å². The molecule has 0 aliphatic heterocycles. The summed E-state index contributed by atoms with van der Waals surface area (Å²) in [6.07, 6.45) is 5.63. The van der Waals surface area contributed by atoms with Crippen LogP contribution in [0.2, 0.25) is 0 Å². The molecule has 4 heteroatoms. The van der Waals surface area contributed by atoms with Gasteiger partial charge in [0.25, 0.3) is 0 Å². The van der Waals surface area contributed by atoms with Crippen LogP contribution in [0.1, 0.15) is 37.1 Å². The van der Waals surface area contributed by atoms with Crippen LogP contribution in [-0.2, 0) is 0 Å². The van der Waals surface area contributed by atoms with Gasteiger partial charge < -0.3 is 5.32 Å². The van der Waals surface area contributed by atoms with E-state index in [1.54, 1.807) is 11.3 Å². The second kappa shape index (κ2) is 5.69. The Kier molecular flexibility index (Phi) is 3.76. The van der Waals surface area contributed by atoms with E-state index in [0.717, 1.165) is 5.52 Å². The Morgan fingerprint density at radius 3 is 2.60 bits per heavy atom. The molecule has 3 aromatic rings. The first kappa shape index (κ1) is 13.2. The molecule has 0 aromatic carbocycles. The largest absolute Gasteiger partial charge is 0.304 e. The highest BCUT2D eigenvalue weighted by atomic mass is 32.1. The molecule has 0 radical (unpaired) electrons. The van der Waals surface area contributed by atoms with Crippen LogP contribution in [0.25, 0.3) is 10.2 Å². The number of hydrogen-bond donors (Lipinski definition) is 1. The molecule has 102 valence electrons. The van der Waals surface area contributed by atoms with Crippen LogP contribution in [0.3, 0.4) is 0 Å². The van der Waals surface area contributed by atoms with Gasteiger partial charge >= 0.3 is 0 Å². The van der Waals surface area contributed by atoms with Crippen molar-refractivity contribution in [2.75, 3.05) is 0 Å². The quantitative estimate of drug-likeness (QED) is 0.783. The van der Waals surface area contributed by atoms with Gasteiger partial charge in [-0.2, -0.15) is 0 Å². The van der Waals surface area contributed by atoms with Gasteiger partial charge in [-0.1, -0.05) is 0 Å². The minimum Gasteiger partial charge on any atom is -0.304 e. The fourth-order valence-corrected chi connectivity index (χ4v) is 3.11. The molecule has 3 nitrogen and oxygen atoms in total. The molecule has 3 rings (SSSR count). The molecule has 0 aliphatic carbocycles. The monoisotopic (exact) mass is 283 g/mol. The zero-order valence-electron chi connectivity index (χ0n) is 11.6. The van der Waals surface area contributed by atoms with Crippen LogP contribution in [0.15, 0.2) is 48.2 Å². The lowest BCUT2D eigenvalue weighted by atomic mass is 10.1. The average Bonchev–Trinajstić information content (AvgIpc) is 2.95. The molecule has 0 saturated carbocycles. The fourth-order valence-electron chi connectivity index (χ4n) is 2.32. The van der Waals surface area contributed by atoms with E-state index in [2.05, 4.69) is 46.6 Å². The summed E-state index contributed by atoms with van der Waals surface area (Å²) in [7, 11) is 0. The maximum absolute atomic E-state index is 4.50. The summed E-state index contributed by atoms with van der Waals surface area (Å²) in [6, 6.07) is 8.92. The summed E-state index contributed by atoms with van der Waals surface area (Å²) >= 11 is 1.74. The maximum atomic E-state index is 4.50. The minimum atomic E-state index is 0.261. The standard InChI is InChI=1S/C16H17N3S/c1-11(13-3-6-17-7-4-13)19-12(2)14-9-16-15(18-10-14)5-8-20-16/h3-12,19H,1-2H3. The number of pyridine rings is 2. The molecule has 0 fully saturated rings. The van der Waals surface area contributed by atoms with E-state index in [0.29, 0.717) is 0 Å². The van der Waals surface area contributed by atoms with E-state index in [1.807, 2.05) is 30.7 Å². The van der Waals surface area contributed by atoms with Gasteiger partial charge in [-0.05, 0) is 54.6 Å². The van der Waals surface area contributed by atoms with Crippen LogP contribution >= 0.6 is 11.3 Å². The highest BCUT2D eigenvalue weighted by Crippen LogP contribution is 2.24. The van der Waals surface area contributed by atoms with E-state index in [9.17, 15) is 0 Å². The normalized spacial score (nSPS) is 14.3. The Bertz CT molecular complexity index is 693. The van der Waals surface area contributed by atoms with Crippen molar-refractivity contribution in [1.82, 2.24) is 15.3 Å². The molecule has 20 heavy (non-hydrogen) atoms. The average molecular weight is 283 g/mol. The van der Waals surface area contributed by atoms with Crippen molar-refractivity contribution in [2.45, 2.75) is 25.9 Å². The summed E-state index contributed by atoms with van der Waals surface area (Å²) in [4.78, 5) is 8.56. The summed E-state index contributed by atoms with van der Waals surface area (Å²) < 4.78 is 1.24. The van der Waals surface area contributed by atoms with Gasteiger partial charge in [0.15, 0.2) is 0 Å². The van der Waals surface area contributed by atoms with Gasteiger partial charge in [0, 0.05) is 30.7 Å². The van der Waals surface area contributed by atoms with Crippen molar-refractivity contribution >= 4 is 21.6 Å². The zero-order valence-corrected chi connectivity index (χ0v) is 12.4. The van der Waals surface area contributed by atoms with E-state index in [-0.39, 0.29) is 12.1 Å². The van der Waals surface area contributed by atoms with Crippen LogP contribution in [-0.4, -0.2) is 9.97 Å². The Balaban J connectivity index is 1.76. The fraction of sp³-hybridized carbons (Fsp3) is 0.250. The SMILES string of the molecule is CC(NC(C)c1cnc2ccsc2c1)c1ccncc1. The van der Waals surface area contributed by atoms with E-state index >= 15 is 0 Å². The number of rotatable bonds is 4. The van der Waals surface area contributed by atoms with Gasteiger partial charge in [-0.25, -0.2) is 0 Å². The number of nitrogens with zero attached hydrogens (tertiary/aromatic N) is 2. The Morgan fingerprint density at radius 2 is 1.80 bits per heavy atom. The molecule has 0 aliphatic rings.